The zero-order chi connectivity index (χ0) is 12.1. The molecule has 1 unspecified atom stereocenters. The lowest BCUT2D eigenvalue weighted by molar-refractivity contribution is 0.857. The second-order valence-electron chi connectivity index (χ2n) is 3.95. The summed E-state index contributed by atoms with van der Waals surface area (Å²) in [6.45, 7) is 5.07. The maximum Gasteiger partial charge on any atom is 0.148 e. The van der Waals surface area contributed by atoms with Crippen molar-refractivity contribution in [3.8, 4) is 0 Å². The molecule has 0 spiro atoms. The monoisotopic (exact) mass is 227 g/mol. The molecule has 1 aromatic heterocycles. The molecule has 0 fully saturated rings. The second kappa shape index (κ2) is 5.43. The summed E-state index contributed by atoms with van der Waals surface area (Å²) in [4.78, 5) is 8.79. The van der Waals surface area contributed by atoms with Crippen LogP contribution >= 0.6 is 0 Å². The first-order valence-corrected chi connectivity index (χ1v) is 5.92. The first-order chi connectivity index (χ1) is 8.33. The molecule has 1 aromatic carbocycles. The van der Waals surface area contributed by atoms with E-state index >= 15 is 0 Å². The van der Waals surface area contributed by atoms with Gasteiger partial charge in [-0.15, -0.1) is 0 Å². The Morgan fingerprint density at radius 3 is 2.53 bits per heavy atom. The van der Waals surface area contributed by atoms with Gasteiger partial charge in [-0.25, -0.2) is 4.98 Å². The largest absolute Gasteiger partial charge is 0.369 e. The number of hydrogen-bond donors (Lipinski definition) is 1. The van der Waals surface area contributed by atoms with Gasteiger partial charge in [-0.3, -0.25) is 4.98 Å². The van der Waals surface area contributed by atoms with Crippen LogP contribution in [0.1, 0.15) is 31.0 Å². The Bertz CT molecular complexity index is 468. The molecule has 88 valence electrons. The number of hydrogen-bond acceptors (Lipinski definition) is 3. The summed E-state index contributed by atoms with van der Waals surface area (Å²) in [5.74, 6) is 1.13. The van der Waals surface area contributed by atoms with Crippen LogP contribution in [0.2, 0.25) is 0 Å². The van der Waals surface area contributed by atoms with Crippen molar-refractivity contribution in [2.45, 2.75) is 19.8 Å². The standard InChI is InChI=1S/C14H17N3/c1-3-15-14-13(16-9-10-17-14)11(2)12-7-5-4-6-8-12/h4-11H,3H2,1-2H3,(H,15,17). The van der Waals surface area contributed by atoms with Gasteiger partial charge in [0.1, 0.15) is 5.82 Å². The molecule has 0 saturated carbocycles. The van der Waals surface area contributed by atoms with E-state index in [-0.39, 0.29) is 5.92 Å². The first kappa shape index (κ1) is 11.6. The topological polar surface area (TPSA) is 37.8 Å². The molecule has 0 bridgehead atoms. The molecule has 0 saturated heterocycles. The Labute approximate surface area is 102 Å². The fourth-order valence-electron chi connectivity index (χ4n) is 1.87. The van der Waals surface area contributed by atoms with Crippen molar-refractivity contribution < 1.29 is 0 Å². The van der Waals surface area contributed by atoms with E-state index in [9.17, 15) is 0 Å². The molecule has 1 heterocycles. The van der Waals surface area contributed by atoms with Crippen molar-refractivity contribution in [1.82, 2.24) is 9.97 Å². The summed E-state index contributed by atoms with van der Waals surface area (Å²) in [6.07, 6.45) is 3.47. The van der Waals surface area contributed by atoms with Crippen LogP contribution in [0.4, 0.5) is 5.82 Å². The Morgan fingerprint density at radius 2 is 1.82 bits per heavy atom. The maximum atomic E-state index is 4.45. The quantitative estimate of drug-likeness (QED) is 0.872. The van der Waals surface area contributed by atoms with E-state index in [0.29, 0.717) is 0 Å². The number of anilines is 1. The molecule has 3 heteroatoms. The van der Waals surface area contributed by atoms with Gasteiger partial charge >= 0.3 is 0 Å². The molecule has 0 amide bonds. The summed E-state index contributed by atoms with van der Waals surface area (Å²) in [5.41, 5.74) is 2.26. The van der Waals surface area contributed by atoms with Gasteiger partial charge in [0, 0.05) is 24.9 Å². The third kappa shape index (κ3) is 2.61. The molecule has 0 aliphatic rings. The minimum atomic E-state index is 0.249. The van der Waals surface area contributed by atoms with Crippen molar-refractivity contribution in [3.05, 3.63) is 54.0 Å². The van der Waals surface area contributed by atoms with Crippen molar-refractivity contribution in [2.75, 3.05) is 11.9 Å². The van der Waals surface area contributed by atoms with Crippen LogP contribution in [0, 0.1) is 0 Å². The predicted molar refractivity (Wildman–Crippen MR) is 70.2 cm³/mol. The van der Waals surface area contributed by atoms with Gasteiger partial charge in [0.2, 0.25) is 0 Å². The Morgan fingerprint density at radius 1 is 1.12 bits per heavy atom. The molecule has 1 atom stereocenters. The van der Waals surface area contributed by atoms with Gasteiger partial charge < -0.3 is 5.32 Å². The molecule has 1 N–H and O–H groups in total. The summed E-state index contributed by atoms with van der Waals surface area (Å²) < 4.78 is 0. The van der Waals surface area contributed by atoms with Gasteiger partial charge in [0.25, 0.3) is 0 Å². The maximum absolute atomic E-state index is 4.45. The van der Waals surface area contributed by atoms with Gasteiger partial charge in [0.05, 0.1) is 5.69 Å². The lowest BCUT2D eigenvalue weighted by Gasteiger charge is -2.15. The third-order valence-corrected chi connectivity index (χ3v) is 2.78. The Hall–Kier alpha value is -1.90. The number of aromatic nitrogens is 2. The van der Waals surface area contributed by atoms with Crippen molar-refractivity contribution in [2.24, 2.45) is 0 Å². The highest BCUT2D eigenvalue weighted by atomic mass is 15.0. The Kier molecular flexibility index (Phi) is 3.70. The second-order valence-corrected chi connectivity index (χ2v) is 3.95. The smallest absolute Gasteiger partial charge is 0.148 e. The molecule has 0 aliphatic carbocycles. The summed E-state index contributed by atoms with van der Waals surface area (Å²) in [7, 11) is 0. The fraction of sp³-hybridized carbons (Fsp3) is 0.286. The highest BCUT2D eigenvalue weighted by Crippen LogP contribution is 2.26. The lowest BCUT2D eigenvalue weighted by Crippen LogP contribution is -2.08. The van der Waals surface area contributed by atoms with Crippen LogP contribution in [0.5, 0.6) is 0 Å². The number of rotatable bonds is 4. The van der Waals surface area contributed by atoms with E-state index in [1.54, 1.807) is 12.4 Å². The minimum absolute atomic E-state index is 0.249. The number of benzene rings is 1. The Balaban J connectivity index is 2.33. The molecule has 2 rings (SSSR count). The molecule has 0 aliphatic heterocycles. The van der Waals surface area contributed by atoms with Crippen molar-refractivity contribution in [3.63, 3.8) is 0 Å². The summed E-state index contributed by atoms with van der Waals surface area (Å²) in [5, 5.41) is 3.25. The van der Waals surface area contributed by atoms with Gasteiger partial charge in [-0.2, -0.15) is 0 Å². The molecule has 0 radical (unpaired) electrons. The average molecular weight is 227 g/mol. The first-order valence-electron chi connectivity index (χ1n) is 5.92. The van der Waals surface area contributed by atoms with Crippen LogP contribution in [-0.2, 0) is 0 Å². The molecule has 3 nitrogen and oxygen atoms in total. The van der Waals surface area contributed by atoms with Crippen molar-refractivity contribution >= 4 is 5.82 Å². The summed E-state index contributed by atoms with van der Waals surface area (Å²) in [6, 6.07) is 10.4. The van der Waals surface area contributed by atoms with Gasteiger partial charge in [0.15, 0.2) is 0 Å². The molecule has 17 heavy (non-hydrogen) atoms. The normalized spacial score (nSPS) is 12.1. The SMILES string of the molecule is CCNc1nccnc1C(C)c1ccccc1. The van der Waals surface area contributed by atoms with Gasteiger partial charge in [-0.05, 0) is 12.5 Å². The van der Waals surface area contributed by atoms with E-state index < -0.39 is 0 Å². The summed E-state index contributed by atoms with van der Waals surface area (Å²) >= 11 is 0. The highest BCUT2D eigenvalue weighted by molar-refractivity contribution is 5.44. The molecular formula is C14H17N3. The van der Waals surface area contributed by atoms with Crippen LogP contribution in [-0.4, -0.2) is 16.5 Å². The highest BCUT2D eigenvalue weighted by Gasteiger charge is 2.14. The average Bonchev–Trinajstić information content (AvgIpc) is 2.40. The van der Waals surface area contributed by atoms with Crippen LogP contribution in [0.25, 0.3) is 0 Å². The molecule has 2 aromatic rings. The lowest BCUT2D eigenvalue weighted by atomic mass is 9.97. The van der Waals surface area contributed by atoms with E-state index in [1.807, 2.05) is 6.07 Å². The van der Waals surface area contributed by atoms with E-state index in [4.69, 9.17) is 0 Å². The van der Waals surface area contributed by atoms with E-state index in [2.05, 4.69) is 53.4 Å². The minimum Gasteiger partial charge on any atom is -0.369 e. The van der Waals surface area contributed by atoms with Crippen LogP contribution in [0.3, 0.4) is 0 Å². The number of nitrogens with zero attached hydrogens (tertiary/aromatic N) is 2. The predicted octanol–water partition coefficient (Wildman–Crippen LogP) is 3.06. The fourth-order valence-corrected chi connectivity index (χ4v) is 1.87. The van der Waals surface area contributed by atoms with Crippen LogP contribution in [0.15, 0.2) is 42.7 Å². The zero-order valence-electron chi connectivity index (χ0n) is 10.2. The van der Waals surface area contributed by atoms with Crippen LogP contribution < -0.4 is 5.32 Å². The van der Waals surface area contributed by atoms with Crippen molar-refractivity contribution in [1.29, 1.82) is 0 Å². The molecular weight excluding hydrogens is 210 g/mol. The van der Waals surface area contributed by atoms with E-state index in [1.165, 1.54) is 5.56 Å². The number of nitrogens with one attached hydrogen (secondary N) is 1. The van der Waals surface area contributed by atoms with Gasteiger partial charge in [-0.1, -0.05) is 37.3 Å². The zero-order valence-corrected chi connectivity index (χ0v) is 10.2. The van der Waals surface area contributed by atoms with E-state index in [0.717, 1.165) is 18.1 Å². The third-order valence-electron chi connectivity index (χ3n) is 2.78.